The fraction of sp³-hybridized carbons (Fsp3) is 0.353. The van der Waals surface area contributed by atoms with Crippen molar-refractivity contribution < 1.29 is 14.4 Å². The van der Waals surface area contributed by atoms with E-state index in [4.69, 9.17) is 5.73 Å². The van der Waals surface area contributed by atoms with E-state index in [0.717, 1.165) is 17.3 Å². The van der Waals surface area contributed by atoms with Crippen LogP contribution in [0.15, 0.2) is 30.5 Å². The molecule has 2 aromatic rings. The van der Waals surface area contributed by atoms with E-state index < -0.39 is 11.9 Å². The molecule has 0 radical (unpaired) electrons. The van der Waals surface area contributed by atoms with Crippen LogP contribution in [0.3, 0.4) is 0 Å². The Morgan fingerprint density at radius 1 is 1.26 bits per heavy atom. The van der Waals surface area contributed by atoms with Crippen molar-refractivity contribution in [3.63, 3.8) is 0 Å². The lowest BCUT2D eigenvalue weighted by atomic mass is 10.1. The van der Waals surface area contributed by atoms with E-state index >= 15 is 0 Å². The van der Waals surface area contributed by atoms with Gasteiger partial charge < -0.3 is 15.2 Å². The molecule has 1 aromatic carbocycles. The number of Topliss-reactive ketones (excluding diaryl/α,β-unsaturated/α-hetero) is 1. The number of primary amides is 1. The lowest BCUT2D eigenvalue weighted by Gasteiger charge is -2.22. The molecule has 3 rings (SSSR count). The summed E-state index contributed by atoms with van der Waals surface area (Å²) in [4.78, 5) is 37.3. The summed E-state index contributed by atoms with van der Waals surface area (Å²) in [6.07, 6.45) is 3.11. The van der Waals surface area contributed by atoms with Crippen molar-refractivity contribution in [3.8, 4) is 0 Å². The Balaban J connectivity index is 1.91. The number of amides is 2. The number of fused-ring (bicyclic) bond motifs is 1. The summed E-state index contributed by atoms with van der Waals surface area (Å²) in [7, 11) is 0. The fourth-order valence-corrected chi connectivity index (χ4v) is 3.26. The van der Waals surface area contributed by atoms with Gasteiger partial charge in [-0.1, -0.05) is 18.2 Å². The summed E-state index contributed by atoms with van der Waals surface area (Å²) < 4.78 is 1.77. The zero-order valence-corrected chi connectivity index (χ0v) is 13.0. The number of benzene rings is 1. The van der Waals surface area contributed by atoms with Crippen molar-refractivity contribution >= 4 is 28.5 Å². The number of aromatic nitrogens is 1. The first-order chi connectivity index (χ1) is 11.0. The topological polar surface area (TPSA) is 85.4 Å². The molecule has 1 atom stereocenters. The molecule has 0 spiro atoms. The maximum absolute atomic E-state index is 12.6. The first kappa shape index (κ1) is 15.3. The van der Waals surface area contributed by atoms with E-state index in [2.05, 4.69) is 0 Å². The van der Waals surface area contributed by atoms with Gasteiger partial charge in [-0.25, -0.2) is 0 Å². The number of likely N-dealkylation sites (tertiary alicyclic amines) is 1. The third-order valence-electron chi connectivity index (χ3n) is 4.38. The van der Waals surface area contributed by atoms with Crippen LogP contribution in [-0.4, -0.2) is 39.7 Å². The molecule has 0 aliphatic carbocycles. The lowest BCUT2D eigenvalue weighted by molar-refractivity contribution is -0.137. The molecule has 0 saturated carbocycles. The minimum Gasteiger partial charge on any atom is -0.368 e. The predicted molar refractivity (Wildman–Crippen MR) is 85.9 cm³/mol. The fourth-order valence-electron chi connectivity index (χ4n) is 3.26. The van der Waals surface area contributed by atoms with Gasteiger partial charge in [0.1, 0.15) is 12.6 Å². The van der Waals surface area contributed by atoms with Gasteiger partial charge >= 0.3 is 0 Å². The molecule has 1 aliphatic rings. The number of carbonyl (C=O) groups is 3. The Bertz CT molecular complexity index is 793. The Morgan fingerprint density at radius 2 is 2.00 bits per heavy atom. The quantitative estimate of drug-likeness (QED) is 0.864. The number of carbonyl (C=O) groups excluding carboxylic acids is 3. The summed E-state index contributed by atoms with van der Waals surface area (Å²) >= 11 is 0. The second-order valence-electron chi connectivity index (χ2n) is 5.89. The number of rotatable bonds is 4. The van der Waals surface area contributed by atoms with E-state index in [9.17, 15) is 14.4 Å². The SMILES string of the molecule is CC(=O)c1cn(CC(=O)N2CCC[C@@H]2C(N)=O)c2ccccc12. The van der Waals surface area contributed by atoms with Crippen LogP contribution in [0.1, 0.15) is 30.1 Å². The Hall–Kier alpha value is -2.63. The van der Waals surface area contributed by atoms with Crippen LogP contribution in [0.4, 0.5) is 0 Å². The van der Waals surface area contributed by atoms with Gasteiger partial charge in [0.15, 0.2) is 5.78 Å². The summed E-state index contributed by atoms with van der Waals surface area (Å²) in [5, 5.41) is 0.834. The smallest absolute Gasteiger partial charge is 0.243 e. The molecule has 6 nitrogen and oxygen atoms in total. The first-order valence-electron chi connectivity index (χ1n) is 7.66. The van der Waals surface area contributed by atoms with Crippen molar-refractivity contribution in [2.24, 2.45) is 5.73 Å². The van der Waals surface area contributed by atoms with Crippen molar-refractivity contribution in [1.29, 1.82) is 0 Å². The molecule has 1 fully saturated rings. The molecular formula is C17H19N3O3. The highest BCUT2D eigenvalue weighted by Gasteiger charge is 2.32. The first-order valence-corrected chi connectivity index (χ1v) is 7.66. The third-order valence-corrected chi connectivity index (χ3v) is 4.38. The van der Waals surface area contributed by atoms with E-state index in [0.29, 0.717) is 18.5 Å². The summed E-state index contributed by atoms with van der Waals surface area (Å²) in [5.41, 5.74) is 6.80. The number of hydrogen-bond acceptors (Lipinski definition) is 3. The van der Waals surface area contributed by atoms with Gasteiger partial charge in [0.2, 0.25) is 11.8 Å². The number of nitrogens with two attached hydrogens (primary N) is 1. The van der Waals surface area contributed by atoms with Crippen LogP contribution in [0.5, 0.6) is 0 Å². The minimum absolute atomic E-state index is 0.0383. The number of hydrogen-bond donors (Lipinski definition) is 1. The summed E-state index contributed by atoms with van der Waals surface area (Å²) in [6.45, 7) is 2.15. The molecule has 2 amide bonds. The van der Waals surface area contributed by atoms with Crippen molar-refractivity contribution in [1.82, 2.24) is 9.47 Å². The molecule has 120 valence electrons. The van der Waals surface area contributed by atoms with Crippen molar-refractivity contribution in [2.45, 2.75) is 32.4 Å². The molecule has 2 heterocycles. The standard InChI is InChI=1S/C17H19N3O3/c1-11(21)13-9-19(14-6-3-2-5-12(13)14)10-16(22)20-8-4-7-15(20)17(18)23/h2-3,5-6,9,15H,4,7-8,10H2,1H3,(H2,18,23)/t15-/m1/s1. The monoisotopic (exact) mass is 313 g/mol. The highest BCUT2D eigenvalue weighted by molar-refractivity contribution is 6.07. The molecule has 23 heavy (non-hydrogen) atoms. The average molecular weight is 313 g/mol. The molecule has 0 unspecified atom stereocenters. The summed E-state index contributed by atoms with van der Waals surface area (Å²) in [5.74, 6) is -0.650. The Morgan fingerprint density at radius 3 is 2.70 bits per heavy atom. The minimum atomic E-state index is -0.517. The van der Waals surface area contributed by atoms with Crippen LogP contribution in [0, 0.1) is 0 Å². The molecule has 1 saturated heterocycles. The second kappa shape index (κ2) is 5.87. The second-order valence-corrected chi connectivity index (χ2v) is 5.89. The lowest BCUT2D eigenvalue weighted by Crippen LogP contribution is -2.44. The normalized spacial score (nSPS) is 17.6. The summed E-state index contributed by atoms with van der Waals surface area (Å²) in [6, 6.07) is 6.97. The largest absolute Gasteiger partial charge is 0.368 e. The molecule has 0 bridgehead atoms. The van der Waals surface area contributed by atoms with Gasteiger partial charge in [0.05, 0.1) is 0 Å². The third kappa shape index (κ3) is 2.72. The highest BCUT2D eigenvalue weighted by Crippen LogP contribution is 2.23. The average Bonchev–Trinajstić information content (AvgIpc) is 3.12. The molecule has 1 aromatic heterocycles. The van der Waals surface area contributed by atoms with Crippen LogP contribution in [-0.2, 0) is 16.1 Å². The van der Waals surface area contributed by atoms with Crippen molar-refractivity contribution in [3.05, 3.63) is 36.0 Å². The van der Waals surface area contributed by atoms with E-state index in [-0.39, 0.29) is 18.2 Å². The van der Waals surface area contributed by atoms with E-state index in [1.54, 1.807) is 15.7 Å². The number of ketones is 1. The zero-order valence-electron chi connectivity index (χ0n) is 13.0. The van der Waals surface area contributed by atoms with Gasteiger partial charge in [-0.2, -0.15) is 0 Å². The van der Waals surface area contributed by atoms with Crippen molar-refractivity contribution in [2.75, 3.05) is 6.54 Å². The van der Waals surface area contributed by atoms with Gasteiger partial charge in [-0.05, 0) is 25.8 Å². The molecule has 6 heteroatoms. The molecule has 1 aliphatic heterocycles. The number of nitrogens with zero attached hydrogens (tertiary/aromatic N) is 2. The van der Waals surface area contributed by atoms with Crippen LogP contribution in [0.25, 0.3) is 10.9 Å². The zero-order chi connectivity index (χ0) is 16.6. The van der Waals surface area contributed by atoms with E-state index in [1.165, 1.54) is 6.92 Å². The van der Waals surface area contributed by atoms with Crippen LogP contribution < -0.4 is 5.73 Å². The maximum Gasteiger partial charge on any atom is 0.243 e. The molecular weight excluding hydrogens is 294 g/mol. The number of para-hydroxylation sites is 1. The molecule has 2 N–H and O–H groups in total. The Labute approximate surface area is 133 Å². The van der Waals surface area contributed by atoms with Crippen LogP contribution in [0.2, 0.25) is 0 Å². The van der Waals surface area contributed by atoms with E-state index in [1.807, 2.05) is 24.3 Å². The highest BCUT2D eigenvalue weighted by atomic mass is 16.2. The van der Waals surface area contributed by atoms with Gasteiger partial charge in [-0.15, -0.1) is 0 Å². The Kier molecular flexibility index (Phi) is 3.90. The van der Waals surface area contributed by atoms with Gasteiger partial charge in [0.25, 0.3) is 0 Å². The van der Waals surface area contributed by atoms with Gasteiger partial charge in [0, 0.05) is 29.2 Å². The predicted octanol–water partition coefficient (Wildman–Crippen LogP) is 1.32. The maximum atomic E-state index is 12.6. The van der Waals surface area contributed by atoms with Crippen LogP contribution >= 0.6 is 0 Å². The van der Waals surface area contributed by atoms with Gasteiger partial charge in [-0.3, -0.25) is 14.4 Å².